The van der Waals surface area contributed by atoms with Crippen LogP contribution >= 0.6 is 0 Å². The summed E-state index contributed by atoms with van der Waals surface area (Å²) in [5.41, 5.74) is -0.637. The summed E-state index contributed by atoms with van der Waals surface area (Å²) in [5.74, 6) is -2.34. The molecule has 1 unspecified atom stereocenters. The van der Waals surface area contributed by atoms with Crippen LogP contribution < -0.4 is 0 Å². The summed E-state index contributed by atoms with van der Waals surface area (Å²) in [6, 6.07) is 0. The van der Waals surface area contributed by atoms with Crippen LogP contribution in [-0.2, 0) is 0 Å². The Morgan fingerprint density at radius 1 is 1.44 bits per heavy atom. The lowest BCUT2D eigenvalue weighted by molar-refractivity contribution is 0.0667. The standard InChI is InChI=1S/C7H12F2/c1-3-4-6(2)5-7(6,8)9/h3-5H2,1-2H3. The second kappa shape index (κ2) is 1.68. The zero-order chi connectivity index (χ0) is 7.12. The second-order valence-corrected chi connectivity index (χ2v) is 3.19. The molecule has 0 spiro atoms. The van der Waals surface area contributed by atoms with Crippen LogP contribution in [-0.4, -0.2) is 5.92 Å². The Balaban J connectivity index is 2.42. The van der Waals surface area contributed by atoms with Crippen molar-refractivity contribution in [2.24, 2.45) is 5.41 Å². The van der Waals surface area contributed by atoms with Crippen LogP contribution in [0.3, 0.4) is 0 Å². The van der Waals surface area contributed by atoms with Crippen LogP contribution in [0.25, 0.3) is 0 Å². The smallest absolute Gasteiger partial charge is 0.206 e. The average molecular weight is 134 g/mol. The van der Waals surface area contributed by atoms with E-state index in [9.17, 15) is 8.78 Å². The topological polar surface area (TPSA) is 0 Å². The van der Waals surface area contributed by atoms with Crippen molar-refractivity contribution < 1.29 is 8.78 Å². The Morgan fingerprint density at radius 2 is 1.89 bits per heavy atom. The lowest BCUT2D eigenvalue weighted by Crippen LogP contribution is -2.05. The minimum absolute atomic E-state index is 0.105. The van der Waals surface area contributed by atoms with Crippen LogP contribution in [0.5, 0.6) is 0 Å². The number of rotatable bonds is 2. The van der Waals surface area contributed by atoms with Crippen molar-refractivity contribution in [2.75, 3.05) is 0 Å². The Labute approximate surface area is 54.3 Å². The maximum atomic E-state index is 12.4. The fourth-order valence-electron chi connectivity index (χ4n) is 1.27. The van der Waals surface area contributed by atoms with Crippen LogP contribution in [0.2, 0.25) is 0 Å². The fourth-order valence-corrected chi connectivity index (χ4v) is 1.27. The maximum absolute atomic E-state index is 12.4. The van der Waals surface area contributed by atoms with Crippen molar-refractivity contribution in [2.45, 2.75) is 39.0 Å². The molecule has 0 aromatic carbocycles. The molecule has 1 fully saturated rings. The van der Waals surface area contributed by atoms with Crippen LogP contribution in [0.15, 0.2) is 0 Å². The first-order valence-corrected chi connectivity index (χ1v) is 3.40. The van der Waals surface area contributed by atoms with E-state index in [1.807, 2.05) is 6.92 Å². The first kappa shape index (κ1) is 6.97. The van der Waals surface area contributed by atoms with Crippen molar-refractivity contribution >= 4 is 0 Å². The van der Waals surface area contributed by atoms with Gasteiger partial charge in [-0.3, -0.25) is 0 Å². The highest BCUT2D eigenvalue weighted by molar-refractivity contribution is 5.06. The van der Waals surface area contributed by atoms with E-state index in [0.717, 1.165) is 6.42 Å². The summed E-state index contributed by atoms with van der Waals surface area (Å²) in [5, 5.41) is 0. The number of hydrogen-bond acceptors (Lipinski definition) is 0. The zero-order valence-corrected chi connectivity index (χ0v) is 5.88. The highest BCUT2D eigenvalue weighted by atomic mass is 19.3. The van der Waals surface area contributed by atoms with Gasteiger partial charge in [0.2, 0.25) is 0 Å². The molecule has 0 heterocycles. The molecule has 1 atom stereocenters. The summed E-state index contributed by atoms with van der Waals surface area (Å²) in [6.07, 6.45) is 1.64. The van der Waals surface area contributed by atoms with E-state index in [2.05, 4.69) is 0 Å². The molecule has 0 saturated heterocycles. The van der Waals surface area contributed by atoms with Crippen molar-refractivity contribution in [1.29, 1.82) is 0 Å². The van der Waals surface area contributed by atoms with Gasteiger partial charge in [0.1, 0.15) is 0 Å². The normalized spacial score (nSPS) is 38.7. The van der Waals surface area contributed by atoms with Gasteiger partial charge in [-0.25, -0.2) is 8.78 Å². The average Bonchev–Trinajstić information content (AvgIpc) is 2.07. The van der Waals surface area contributed by atoms with Crippen molar-refractivity contribution in [1.82, 2.24) is 0 Å². The molecule has 1 aliphatic carbocycles. The molecule has 0 radical (unpaired) electrons. The Kier molecular flexibility index (Phi) is 1.30. The quantitative estimate of drug-likeness (QED) is 0.544. The molecule has 0 aliphatic heterocycles. The lowest BCUT2D eigenvalue weighted by atomic mass is 10.0. The van der Waals surface area contributed by atoms with E-state index in [0.29, 0.717) is 6.42 Å². The molecule has 0 nitrogen and oxygen atoms in total. The summed E-state index contributed by atoms with van der Waals surface area (Å²) in [4.78, 5) is 0. The molecule has 0 aromatic heterocycles. The lowest BCUT2D eigenvalue weighted by Gasteiger charge is -2.05. The third kappa shape index (κ3) is 0.950. The van der Waals surface area contributed by atoms with Gasteiger partial charge in [-0.15, -0.1) is 0 Å². The van der Waals surface area contributed by atoms with Gasteiger partial charge in [0.25, 0.3) is 5.92 Å². The Hall–Kier alpha value is -0.140. The van der Waals surface area contributed by atoms with Gasteiger partial charge in [-0.05, 0) is 6.42 Å². The van der Waals surface area contributed by atoms with Gasteiger partial charge in [0.15, 0.2) is 0 Å². The molecule has 2 heteroatoms. The van der Waals surface area contributed by atoms with Gasteiger partial charge in [-0.1, -0.05) is 20.3 Å². The minimum atomic E-state index is -2.34. The Bertz CT molecular complexity index is 120. The largest absolute Gasteiger partial charge is 0.254 e. The monoisotopic (exact) mass is 134 g/mol. The van der Waals surface area contributed by atoms with Crippen LogP contribution in [0, 0.1) is 5.41 Å². The zero-order valence-electron chi connectivity index (χ0n) is 5.88. The van der Waals surface area contributed by atoms with Gasteiger partial charge in [0, 0.05) is 11.8 Å². The highest BCUT2D eigenvalue weighted by Gasteiger charge is 2.66. The predicted octanol–water partition coefficient (Wildman–Crippen LogP) is 2.83. The predicted molar refractivity (Wildman–Crippen MR) is 32.6 cm³/mol. The molecular weight excluding hydrogens is 122 g/mol. The van der Waals surface area contributed by atoms with Crippen LogP contribution in [0.1, 0.15) is 33.1 Å². The third-order valence-electron chi connectivity index (χ3n) is 2.17. The summed E-state index contributed by atoms with van der Waals surface area (Å²) < 4.78 is 24.7. The summed E-state index contributed by atoms with van der Waals surface area (Å²) in [7, 11) is 0. The Morgan fingerprint density at radius 3 is 2.00 bits per heavy atom. The molecule has 0 bridgehead atoms. The van der Waals surface area contributed by atoms with Crippen molar-refractivity contribution in [3.63, 3.8) is 0 Å². The van der Waals surface area contributed by atoms with E-state index < -0.39 is 11.3 Å². The van der Waals surface area contributed by atoms with Gasteiger partial charge < -0.3 is 0 Å². The number of alkyl halides is 2. The fraction of sp³-hybridized carbons (Fsp3) is 1.00. The molecule has 54 valence electrons. The van der Waals surface area contributed by atoms with Gasteiger partial charge in [0.05, 0.1) is 0 Å². The van der Waals surface area contributed by atoms with Crippen molar-refractivity contribution in [3.05, 3.63) is 0 Å². The van der Waals surface area contributed by atoms with E-state index in [1.54, 1.807) is 6.92 Å². The third-order valence-corrected chi connectivity index (χ3v) is 2.17. The highest BCUT2D eigenvalue weighted by Crippen LogP contribution is 2.62. The molecule has 9 heavy (non-hydrogen) atoms. The summed E-state index contributed by atoms with van der Waals surface area (Å²) >= 11 is 0. The molecule has 1 rings (SSSR count). The second-order valence-electron chi connectivity index (χ2n) is 3.19. The maximum Gasteiger partial charge on any atom is 0.254 e. The molecule has 1 saturated carbocycles. The minimum Gasteiger partial charge on any atom is -0.206 e. The molecule has 1 aliphatic rings. The van der Waals surface area contributed by atoms with Crippen molar-refractivity contribution in [3.8, 4) is 0 Å². The van der Waals surface area contributed by atoms with E-state index in [1.165, 1.54) is 0 Å². The van der Waals surface area contributed by atoms with Gasteiger partial charge in [-0.2, -0.15) is 0 Å². The number of hydrogen-bond donors (Lipinski definition) is 0. The molecule has 0 N–H and O–H groups in total. The molecule has 0 amide bonds. The molecular formula is C7H12F2. The molecule has 0 aromatic rings. The number of halogens is 2. The first-order chi connectivity index (χ1) is 4.02. The van der Waals surface area contributed by atoms with E-state index >= 15 is 0 Å². The first-order valence-electron chi connectivity index (χ1n) is 3.40. The van der Waals surface area contributed by atoms with E-state index in [4.69, 9.17) is 0 Å². The van der Waals surface area contributed by atoms with E-state index in [-0.39, 0.29) is 6.42 Å². The summed E-state index contributed by atoms with van der Waals surface area (Å²) in [6.45, 7) is 3.61. The van der Waals surface area contributed by atoms with Crippen LogP contribution in [0.4, 0.5) is 8.78 Å². The SMILES string of the molecule is CCCC1(C)CC1(F)F. The van der Waals surface area contributed by atoms with Gasteiger partial charge >= 0.3 is 0 Å².